The molecule has 0 heterocycles. The number of carbonyl (C=O) groups is 1. The van der Waals surface area contributed by atoms with Gasteiger partial charge in [-0.2, -0.15) is 0 Å². The predicted molar refractivity (Wildman–Crippen MR) is 106 cm³/mol. The van der Waals surface area contributed by atoms with Gasteiger partial charge < -0.3 is 26.2 Å². The summed E-state index contributed by atoms with van der Waals surface area (Å²) in [5.74, 6) is -0.653. The third-order valence-electron chi connectivity index (χ3n) is 4.30. The van der Waals surface area contributed by atoms with Crippen molar-refractivity contribution in [2.24, 2.45) is 5.73 Å². The molecule has 0 amide bonds. The van der Waals surface area contributed by atoms with Crippen molar-refractivity contribution in [3.63, 3.8) is 0 Å². The highest BCUT2D eigenvalue weighted by Gasteiger charge is 2.02. The molecule has 0 aliphatic rings. The Morgan fingerprint density at radius 3 is 1.19 bits per heavy atom. The van der Waals surface area contributed by atoms with Crippen molar-refractivity contribution < 1.29 is 25.2 Å². The molecule has 0 aromatic rings. The van der Waals surface area contributed by atoms with Crippen LogP contribution in [0.5, 0.6) is 0 Å². The molecule has 6 heteroatoms. The van der Waals surface area contributed by atoms with Crippen molar-refractivity contribution in [1.82, 2.24) is 0 Å². The first-order valence-electron chi connectivity index (χ1n) is 10.4. The summed E-state index contributed by atoms with van der Waals surface area (Å²) in [6, 6.07) is 0. The highest BCUT2D eigenvalue weighted by Crippen LogP contribution is 2.13. The molecule has 0 aliphatic heterocycles. The summed E-state index contributed by atoms with van der Waals surface area (Å²) in [6.45, 7) is 2.27. The normalized spacial score (nSPS) is 11.9. The van der Waals surface area contributed by atoms with E-state index in [4.69, 9.17) is 20.4 Å². The molecule has 0 saturated carbocycles. The third kappa shape index (κ3) is 28.1. The number of unbranched alkanes of at least 4 members (excludes halogenated alkanes) is 14. The van der Waals surface area contributed by atoms with Gasteiger partial charge in [0.05, 0.1) is 0 Å². The molecule has 0 saturated heterocycles. The molecule has 158 valence electrons. The molecule has 0 rings (SSSR count). The van der Waals surface area contributed by atoms with Crippen molar-refractivity contribution in [3.8, 4) is 0 Å². The molecule has 26 heavy (non-hydrogen) atoms. The molecule has 0 aliphatic carbocycles. The van der Waals surface area contributed by atoms with E-state index in [1.165, 1.54) is 83.5 Å². The maximum Gasteiger partial charge on any atom is 0.303 e. The maximum atomic E-state index is 10.3. The Hall–Kier alpha value is -0.690. The van der Waals surface area contributed by atoms with Gasteiger partial charge in [0.25, 0.3) is 0 Å². The van der Waals surface area contributed by atoms with E-state index in [1.54, 1.807) is 0 Å². The summed E-state index contributed by atoms with van der Waals surface area (Å²) in [5.41, 5.74) is 4.49. The van der Waals surface area contributed by atoms with E-state index in [-0.39, 0.29) is 0 Å². The van der Waals surface area contributed by atoms with Crippen LogP contribution in [-0.2, 0) is 4.79 Å². The van der Waals surface area contributed by atoms with E-state index in [1.807, 2.05) is 0 Å². The Labute approximate surface area is 159 Å². The van der Waals surface area contributed by atoms with Crippen molar-refractivity contribution >= 4 is 5.97 Å². The Bertz CT molecular complexity index is 279. The van der Waals surface area contributed by atoms with Crippen LogP contribution in [0.2, 0.25) is 0 Å². The van der Waals surface area contributed by atoms with Gasteiger partial charge in [0.1, 0.15) is 0 Å². The van der Waals surface area contributed by atoms with E-state index in [0.717, 1.165) is 12.8 Å². The quantitative estimate of drug-likeness (QED) is 0.193. The summed E-state index contributed by atoms with van der Waals surface area (Å²) in [7, 11) is 0. The first-order chi connectivity index (χ1) is 12.4. The molecular formula is C20H43NO5. The summed E-state index contributed by atoms with van der Waals surface area (Å²) >= 11 is 0. The van der Waals surface area contributed by atoms with Gasteiger partial charge in [-0.05, 0) is 6.42 Å². The lowest BCUT2D eigenvalue weighted by Crippen LogP contribution is -2.33. The van der Waals surface area contributed by atoms with Crippen LogP contribution >= 0.6 is 0 Å². The topological polar surface area (TPSA) is 124 Å². The van der Waals surface area contributed by atoms with Crippen LogP contribution in [0.25, 0.3) is 0 Å². The molecule has 0 aromatic heterocycles. The van der Waals surface area contributed by atoms with Gasteiger partial charge in [-0.3, -0.25) is 4.79 Å². The maximum absolute atomic E-state index is 10.3. The number of carboxylic acid groups (broad SMARTS) is 1. The number of aliphatic hydroxyl groups excluding tert-OH is 2. The Balaban J connectivity index is 0. The van der Waals surface area contributed by atoms with Crippen LogP contribution in [0.3, 0.4) is 0 Å². The molecule has 1 unspecified atom stereocenters. The van der Waals surface area contributed by atoms with Gasteiger partial charge in [-0.1, -0.05) is 96.8 Å². The fourth-order valence-corrected chi connectivity index (χ4v) is 2.65. The monoisotopic (exact) mass is 377 g/mol. The van der Waals surface area contributed by atoms with Crippen LogP contribution in [0.4, 0.5) is 0 Å². The molecule has 6 N–H and O–H groups in total. The molecular weight excluding hydrogens is 334 g/mol. The van der Waals surface area contributed by atoms with E-state index in [9.17, 15) is 4.79 Å². The third-order valence-corrected chi connectivity index (χ3v) is 4.30. The van der Waals surface area contributed by atoms with Crippen LogP contribution in [0.1, 0.15) is 110 Å². The van der Waals surface area contributed by atoms with E-state index in [0.29, 0.717) is 6.42 Å². The van der Waals surface area contributed by atoms with Gasteiger partial charge in [0, 0.05) is 6.42 Å². The fourth-order valence-electron chi connectivity index (χ4n) is 2.65. The standard InChI is InChI=1S/C18H36O2.C2H7NO3/c1-2-3-4-5-6-7-8-9-10-11-12-13-14-15-16-17-18(19)20;3-1(4)2(5)6/h2-17H2,1H3,(H,19,20);1-2,4-6H,3H2. The van der Waals surface area contributed by atoms with Crippen molar-refractivity contribution in [3.05, 3.63) is 0 Å². The summed E-state index contributed by atoms with van der Waals surface area (Å²) in [6.07, 6.45) is 16.8. The molecule has 0 aromatic carbocycles. The van der Waals surface area contributed by atoms with Crippen LogP contribution in [-0.4, -0.2) is 38.9 Å². The zero-order valence-electron chi connectivity index (χ0n) is 16.7. The number of carboxylic acids is 1. The number of aliphatic hydroxyl groups is 3. The van der Waals surface area contributed by atoms with Crippen LogP contribution in [0.15, 0.2) is 0 Å². The first kappa shape index (κ1) is 27.5. The minimum absolute atomic E-state index is 0.345. The average molecular weight is 378 g/mol. The zero-order valence-corrected chi connectivity index (χ0v) is 16.7. The second-order valence-corrected chi connectivity index (χ2v) is 7.00. The van der Waals surface area contributed by atoms with Crippen molar-refractivity contribution in [1.29, 1.82) is 0 Å². The molecule has 1 atom stereocenters. The summed E-state index contributed by atoms with van der Waals surface area (Å²) < 4.78 is 0. The highest BCUT2D eigenvalue weighted by molar-refractivity contribution is 5.66. The SMILES string of the molecule is CCCCCCCCCCCCCCCCCC(=O)O.NC(O)C(O)O. The lowest BCUT2D eigenvalue weighted by molar-refractivity contribution is -0.137. The van der Waals surface area contributed by atoms with E-state index in [2.05, 4.69) is 12.7 Å². The van der Waals surface area contributed by atoms with Crippen molar-refractivity contribution in [2.45, 2.75) is 122 Å². The van der Waals surface area contributed by atoms with Crippen LogP contribution < -0.4 is 5.73 Å². The number of rotatable bonds is 17. The lowest BCUT2D eigenvalue weighted by atomic mass is 10.0. The van der Waals surface area contributed by atoms with E-state index < -0.39 is 18.5 Å². The van der Waals surface area contributed by atoms with Gasteiger partial charge in [-0.25, -0.2) is 0 Å². The lowest BCUT2D eigenvalue weighted by Gasteiger charge is -2.03. The summed E-state index contributed by atoms with van der Waals surface area (Å²) in [5, 5.41) is 32.0. The Morgan fingerprint density at radius 1 is 0.692 bits per heavy atom. The molecule has 0 fully saturated rings. The Morgan fingerprint density at radius 2 is 0.962 bits per heavy atom. The second kappa shape index (κ2) is 22.4. The predicted octanol–water partition coefficient (Wildman–Crippen LogP) is 3.91. The summed E-state index contributed by atoms with van der Waals surface area (Å²) in [4.78, 5) is 10.3. The minimum atomic E-state index is -1.81. The molecule has 6 nitrogen and oxygen atoms in total. The number of hydrogen-bond acceptors (Lipinski definition) is 5. The zero-order chi connectivity index (χ0) is 20.0. The number of nitrogens with two attached hydrogens (primary N) is 1. The number of aliphatic carboxylic acids is 1. The van der Waals surface area contributed by atoms with Crippen molar-refractivity contribution in [2.75, 3.05) is 0 Å². The minimum Gasteiger partial charge on any atom is -0.481 e. The van der Waals surface area contributed by atoms with Crippen LogP contribution in [0, 0.1) is 0 Å². The second-order valence-electron chi connectivity index (χ2n) is 7.00. The molecule has 0 spiro atoms. The molecule has 0 radical (unpaired) electrons. The van der Waals surface area contributed by atoms with E-state index >= 15 is 0 Å². The highest BCUT2D eigenvalue weighted by atomic mass is 16.5. The fraction of sp³-hybridized carbons (Fsp3) is 0.950. The Kier molecular flexibility index (Phi) is 23.7. The molecule has 0 bridgehead atoms. The van der Waals surface area contributed by atoms with Gasteiger partial charge in [0.2, 0.25) is 0 Å². The number of hydrogen-bond donors (Lipinski definition) is 5. The van der Waals surface area contributed by atoms with Gasteiger partial charge in [-0.15, -0.1) is 0 Å². The smallest absolute Gasteiger partial charge is 0.303 e. The first-order valence-corrected chi connectivity index (χ1v) is 10.4. The van der Waals surface area contributed by atoms with Gasteiger partial charge >= 0.3 is 5.97 Å². The van der Waals surface area contributed by atoms with Gasteiger partial charge in [0.15, 0.2) is 12.5 Å². The largest absolute Gasteiger partial charge is 0.481 e. The average Bonchev–Trinajstić information content (AvgIpc) is 2.58.